The van der Waals surface area contributed by atoms with Gasteiger partial charge in [-0.2, -0.15) is 10.6 Å². The fourth-order valence-corrected chi connectivity index (χ4v) is 3.90. The van der Waals surface area contributed by atoms with Crippen LogP contribution in [0.2, 0.25) is 0 Å². The second-order valence-corrected chi connectivity index (χ2v) is 10.2. The summed E-state index contributed by atoms with van der Waals surface area (Å²) in [6, 6.07) is 5.64. The summed E-state index contributed by atoms with van der Waals surface area (Å²) < 4.78 is 17.8. The number of aromatic nitrogens is 2. The summed E-state index contributed by atoms with van der Waals surface area (Å²) in [7, 11) is 0. The maximum atomic E-state index is 12.0. The number of nitrogens with one attached hydrogen (secondary N) is 2. The minimum absolute atomic E-state index is 0.0428. The molecule has 0 radical (unpaired) electrons. The number of hydroxylamine groups is 1. The number of nitrogens with zero attached hydrogens (tertiary/aromatic N) is 2. The quantitative estimate of drug-likeness (QED) is 0.218. The van der Waals surface area contributed by atoms with Gasteiger partial charge in [0.05, 0.1) is 6.20 Å². The van der Waals surface area contributed by atoms with E-state index in [9.17, 15) is 19.5 Å². The first-order valence-corrected chi connectivity index (χ1v) is 12.7. The average Bonchev–Trinajstić information content (AvgIpc) is 3.35. The zero-order valence-electron chi connectivity index (χ0n) is 22.7. The minimum atomic E-state index is -1.84. The summed E-state index contributed by atoms with van der Waals surface area (Å²) in [6.45, 7) is 11.3. The van der Waals surface area contributed by atoms with Crippen LogP contribution in [0.1, 0.15) is 46.1 Å². The Labute approximate surface area is 227 Å². The van der Waals surface area contributed by atoms with Crippen molar-refractivity contribution < 1.29 is 38.5 Å². The van der Waals surface area contributed by atoms with Gasteiger partial charge in [0.2, 0.25) is 5.60 Å². The number of benzene rings is 1. The number of amides is 2. The molecule has 2 amide bonds. The van der Waals surface area contributed by atoms with Crippen LogP contribution in [0.5, 0.6) is 5.75 Å². The van der Waals surface area contributed by atoms with Gasteiger partial charge in [-0.3, -0.25) is 4.68 Å². The van der Waals surface area contributed by atoms with Crippen molar-refractivity contribution in [3.63, 3.8) is 0 Å². The Hall–Kier alpha value is -4.06. The van der Waals surface area contributed by atoms with Gasteiger partial charge < -0.3 is 24.6 Å². The van der Waals surface area contributed by atoms with Crippen molar-refractivity contribution in [1.82, 2.24) is 20.6 Å². The summed E-state index contributed by atoms with van der Waals surface area (Å²) in [5.74, 6) is -0.744. The van der Waals surface area contributed by atoms with Crippen LogP contribution in [0, 0.1) is 0 Å². The third-order valence-electron chi connectivity index (χ3n) is 5.92. The Morgan fingerprint density at radius 3 is 2.69 bits per heavy atom. The largest absolute Gasteiger partial charge is 0.486 e. The molecule has 2 atom stereocenters. The molecule has 0 bridgehead atoms. The Morgan fingerprint density at radius 1 is 1.23 bits per heavy atom. The minimum Gasteiger partial charge on any atom is -0.486 e. The first-order chi connectivity index (χ1) is 18.4. The SMILES string of the molecule is C=CCOC(=O)NOC(C)(C(=O)O)[C@H]1CCc2cc(-c3cnn(CCCNC(=O)OC(C)(C)C)c3)ccc2O1. The molecule has 12 nitrogen and oxygen atoms in total. The van der Waals surface area contributed by atoms with Gasteiger partial charge in [0.15, 0.2) is 0 Å². The highest BCUT2D eigenvalue weighted by molar-refractivity contribution is 5.78. The smallest absolute Gasteiger partial charge is 0.431 e. The van der Waals surface area contributed by atoms with Gasteiger partial charge in [-0.1, -0.05) is 18.7 Å². The van der Waals surface area contributed by atoms with Crippen LogP contribution in [0.4, 0.5) is 9.59 Å². The molecule has 0 saturated carbocycles. The Morgan fingerprint density at radius 2 is 2.00 bits per heavy atom. The molecule has 0 spiro atoms. The number of carbonyl (C=O) groups excluding carboxylic acids is 2. The summed E-state index contributed by atoms with van der Waals surface area (Å²) in [4.78, 5) is 40.7. The van der Waals surface area contributed by atoms with Crippen molar-refractivity contribution >= 4 is 18.2 Å². The number of alkyl carbamates (subject to hydrolysis) is 1. The second-order valence-electron chi connectivity index (χ2n) is 10.2. The maximum Gasteiger partial charge on any atom is 0.431 e. The highest BCUT2D eigenvalue weighted by Crippen LogP contribution is 2.35. The van der Waals surface area contributed by atoms with Crippen molar-refractivity contribution in [3.8, 4) is 16.9 Å². The molecule has 0 aliphatic carbocycles. The number of hydrogen-bond acceptors (Lipinski definition) is 8. The Kier molecular flexibility index (Phi) is 9.57. The molecule has 1 unspecified atom stereocenters. The number of carbonyl (C=O) groups is 3. The number of carboxylic acids is 1. The molecule has 3 rings (SSSR count). The van der Waals surface area contributed by atoms with Crippen molar-refractivity contribution in [2.45, 2.75) is 70.8 Å². The van der Waals surface area contributed by atoms with Crippen molar-refractivity contribution in [2.75, 3.05) is 13.2 Å². The highest BCUT2D eigenvalue weighted by Gasteiger charge is 2.47. The van der Waals surface area contributed by atoms with E-state index in [0.29, 0.717) is 38.1 Å². The molecule has 0 fully saturated rings. The van der Waals surface area contributed by atoms with Gasteiger partial charge in [0.25, 0.3) is 0 Å². The van der Waals surface area contributed by atoms with Gasteiger partial charge >= 0.3 is 18.2 Å². The van der Waals surface area contributed by atoms with Crippen molar-refractivity contribution in [3.05, 3.63) is 48.8 Å². The summed E-state index contributed by atoms with van der Waals surface area (Å²) in [6.07, 6.45) is 4.43. The van der Waals surface area contributed by atoms with Gasteiger partial charge in [0.1, 0.15) is 24.1 Å². The van der Waals surface area contributed by atoms with Crippen molar-refractivity contribution in [1.29, 1.82) is 0 Å². The number of fused-ring (bicyclic) bond motifs is 1. The number of hydrogen-bond donors (Lipinski definition) is 3. The zero-order chi connectivity index (χ0) is 28.6. The lowest BCUT2D eigenvalue weighted by atomic mass is 9.90. The summed E-state index contributed by atoms with van der Waals surface area (Å²) in [5.41, 5.74) is 2.42. The summed E-state index contributed by atoms with van der Waals surface area (Å²) >= 11 is 0. The third-order valence-corrected chi connectivity index (χ3v) is 5.92. The second kappa shape index (κ2) is 12.7. The van der Waals surface area contributed by atoms with E-state index < -0.39 is 35.5 Å². The molecule has 39 heavy (non-hydrogen) atoms. The van der Waals surface area contributed by atoms with Crippen molar-refractivity contribution in [2.24, 2.45) is 0 Å². The molecule has 3 N–H and O–H groups in total. The normalized spacial score (nSPS) is 16.2. The van der Waals surface area contributed by atoms with Crippen LogP contribution in [-0.4, -0.2) is 63.5 Å². The van der Waals surface area contributed by atoms with Gasteiger partial charge in [-0.15, -0.1) is 0 Å². The van der Waals surface area contributed by atoms with E-state index in [1.807, 2.05) is 44.6 Å². The maximum absolute atomic E-state index is 12.0. The molecule has 1 aliphatic rings. The molecule has 1 aliphatic heterocycles. The summed E-state index contributed by atoms with van der Waals surface area (Å²) in [5, 5.41) is 17.0. The molecule has 2 aromatic rings. The molecule has 1 aromatic carbocycles. The van der Waals surface area contributed by atoms with E-state index in [0.717, 1.165) is 16.7 Å². The number of aryl methyl sites for hydroxylation is 2. The first kappa shape index (κ1) is 29.5. The lowest BCUT2D eigenvalue weighted by Gasteiger charge is -2.36. The van der Waals surface area contributed by atoms with E-state index in [-0.39, 0.29) is 6.61 Å². The molecule has 212 valence electrons. The third kappa shape index (κ3) is 8.21. The van der Waals surface area contributed by atoms with Crippen LogP contribution in [0.25, 0.3) is 11.1 Å². The van der Waals surface area contributed by atoms with Gasteiger partial charge in [-0.25, -0.2) is 19.2 Å². The van der Waals surface area contributed by atoms with E-state index in [1.165, 1.54) is 13.0 Å². The monoisotopic (exact) mass is 544 g/mol. The molecular weight excluding hydrogens is 508 g/mol. The molecule has 0 saturated heterocycles. The van der Waals surface area contributed by atoms with E-state index in [4.69, 9.17) is 19.0 Å². The predicted octanol–water partition coefficient (Wildman–Crippen LogP) is 3.85. The average molecular weight is 545 g/mol. The standard InChI is InChI=1S/C27H36N4O8/c1-6-14-36-25(35)30-39-27(5,23(32)33)22-11-9-19-15-18(8-10-21(19)37-22)20-16-29-31(17-20)13-7-12-28-24(34)38-26(2,3)4/h6,8,10,15-17,22H,1,7,9,11-14H2,2-5H3,(H,28,34)(H,30,35)(H,32,33)/t22-,27?/m1/s1. The van der Waals surface area contributed by atoms with Crippen LogP contribution in [-0.2, 0) is 32.1 Å². The number of rotatable bonds is 11. The van der Waals surface area contributed by atoms with Crippen LogP contribution in [0.15, 0.2) is 43.2 Å². The van der Waals surface area contributed by atoms with Crippen LogP contribution < -0.4 is 15.5 Å². The molecular formula is C27H36N4O8. The van der Waals surface area contributed by atoms with Crippen LogP contribution in [0.3, 0.4) is 0 Å². The van der Waals surface area contributed by atoms with Gasteiger partial charge in [0, 0.05) is 24.8 Å². The zero-order valence-corrected chi connectivity index (χ0v) is 22.7. The molecule has 12 heteroatoms. The topological polar surface area (TPSA) is 150 Å². The first-order valence-electron chi connectivity index (χ1n) is 12.7. The fourth-order valence-electron chi connectivity index (χ4n) is 3.90. The van der Waals surface area contributed by atoms with E-state index >= 15 is 0 Å². The van der Waals surface area contributed by atoms with E-state index in [2.05, 4.69) is 17.0 Å². The Balaban J connectivity index is 1.58. The lowest BCUT2D eigenvalue weighted by Crippen LogP contribution is -2.56. The van der Waals surface area contributed by atoms with Gasteiger partial charge in [-0.05, 0) is 70.2 Å². The number of aliphatic carboxylic acids is 1. The lowest BCUT2D eigenvalue weighted by molar-refractivity contribution is -0.189. The van der Waals surface area contributed by atoms with E-state index in [1.54, 1.807) is 16.9 Å². The highest BCUT2D eigenvalue weighted by atomic mass is 16.7. The van der Waals surface area contributed by atoms with Crippen LogP contribution >= 0.6 is 0 Å². The number of carboxylic acid groups (broad SMARTS) is 1. The predicted molar refractivity (Wildman–Crippen MR) is 141 cm³/mol. The Bertz CT molecular complexity index is 1190. The molecule has 1 aromatic heterocycles. The molecule has 2 heterocycles. The fraction of sp³-hybridized carbons (Fsp3) is 0.481. The number of ether oxygens (including phenoxy) is 3.